The molecule has 0 aliphatic carbocycles. The Kier molecular flexibility index (Phi) is 5.24. The van der Waals surface area contributed by atoms with E-state index in [9.17, 15) is 19.7 Å². The van der Waals surface area contributed by atoms with Crippen LogP contribution in [-0.4, -0.2) is 32.5 Å². The van der Waals surface area contributed by atoms with E-state index in [-0.39, 0.29) is 11.4 Å². The van der Waals surface area contributed by atoms with Crippen molar-refractivity contribution in [3.63, 3.8) is 0 Å². The zero-order valence-corrected chi connectivity index (χ0v) is 11.3. The van der Waals surface area contributed by atoms with E-state index >= 15 is 0 Å². The molecule has 0 radical (unpaired) electrons. The third-order valence-electron chi connectivity index (χ3n) is 2.85. The van der Waals surface area contributed by atoms with E-state index in [2.05, 4.69) is 5.32 Å². The molecule has 0 saturated heterocycles. The smallest absolute Gasteiger partial charge is 0.326 e. The van der Waals surface area contributed by atoms with Crippen LogP contribution in [0.3, 0.4) is 0 Å². The summed E-state index contributed by atoms with van der Waals surface area (Å²) in [6, 6.07) is 0.149. The molecule has 0 fully saturated rings. The van der Waals surface area contributed by atoms with E-state index in [1.165, 1.54) is 10.8 Å². The van der Waals surface area contributed by atoms with Crippen molar-refractivity contribution >= 4 is 17.6 Å². The van der Waals surface area contributed by atoms with Crippen molar-refractivity contribution in [2.75, 3.05) is 0 Å². The molecule has 1 aromatic heterocycles. The van der Waals surface area contributed by atoms with Gasteiger partial charge in [-0.05, 0) is 13.3 Å². The van der Waals surface area contributed by atoms with Gasteiger partial charge in [0, 0.05) is 12.6 Å². The molecule has 1 heterocycles. The molecule has 1 rings (SSSR count). The van der Waals surface area contributed by atoms with Gasteiger partial charge in [0.25, 0.3) is 11.6 Å². The molecule has 0 aliphatic rings. The molecule has 0 aromatic carbocycles. The van der Waals surface area contributed by atoms with E-state index in [0.717, 1.165) is 6.07 Å². The van der Waals surface area contributed by atoms with Gasteiger partial charge < -0.3 is 15.0 Å². The number of carboxylic acid groups (broad SMARTS) is 1. The molecular weight excluding hydrogens is 266 g/mol. The third kappa shape index (κ3) is 3.56. The Labute approximate surface area is 115 Å². The zero-order chi connectivity index (χ0) is 15.3. The minimum absolute atomic E-state index is 0.0848. The van der Waals surface area contributed by atoms with Crippen molar-refractivity contribution < 1.29 is 19.6 Å². The van der Waals surface area contributed by atoms with Crippen molar-refractivity contribution in [3.8, 4) is 0 Å². The monoisotopic (exact) mass is 283 g/mol. The number of hydrogen-bond acceptors (Lipinski definition) is 4. The number of carboxylic acids is 1. The molecule has 20 heavy (non-hydrogen) atoms. The van der Waals surface area contributed by atoms with Gasteiger partial charge >= 0.3 is 5.97 Å². The van der Waals surface area contributed by atoms with Gasteiger partial charge in [-0.15, -0.1) is 0 Å². The Morgan fingerprint density at radius 3 is 2.60 bits per heavy atom. The number of aromatic nitrogens is 1. The van der Waals surface area contributed by atoms with Gasteiger partial charge in [-0.1, -0.05) is 13.3 Å². The predicted octanol–water partition coefficient (Wildman–Crippen LogP) is 1.40. The number of nitro groups is 1. The standard InChI is InChI=1S/C12H17N3O5/c1-3-5-9(12(17)18)13-11(16)10-6-8(15(19)20)7-14(10)4-2/h6-7,9H,3-5H2,1-2H3,(H,13,16)(H,17,18)/t9-/m0/s1. The topological polar surface area (TPSA) is 114 Å². The lowest BCUT2D eigenvalue weighted by molar-refractivity contribution is -0.384. The van der Waals surface area contributed by atoms with E-state index < -0.39 is 22.8 Å². The predicted molar refractivity (Wildman–Crippen MR) is 70.6 cm³/mol. The second kappa shape index (κ2) is 6.69. The average molecular weight is 283 g/mol. The Hall–Kier alpha value is -2.38. The van der Waals surface area contributed by atoms with Crippen LogP contribution in [0.2, 0.25) is 0 Å². The number of nitrogens with zero attached hydrogens (tertiary/aromatic N) is 2. The molecular formula is C12H17N3O5. The number of aliphatic carboxylic acids is 1. The quantitative estimate of drug-likeness (QED) is 0.579. The molecule has 2 N–H and O–H groups in total. The molecule has 0 spiro atoms. The van der Waals surface area contributed by atoms with E-state index in [1.54, 1.807) is 6.92 Å². The van der Waals surface area contributed by atoms with Gasteiger partial charge in [-0.25, -0.2) is 4.79 Å². The molecule has 0 aliphatic heterocycles. The van der Waals surface area contributed by atoms with Gasteiger partial charge in [0.2, 0.25) is 0 Å². The van der Waals surface area contributed by atoms with Crippen molar-refractivity contribution in [3.05, 3.63) is 28.1 Å². The summed E-state index contributed by atoms with van der Waals surface area (Å²) < 4.78 is 1.42. The van der Waals surface area contributed by atoms with E-state index in [4.69, 9.17) is 5.11 Å². The van der Waals surface area contributed by atoms with Crippen LogP contribution in [0.1, 0.15) is 37.2 Å². The van der Waals surface area contributed by atoms with Crippen molar-refractivity contribution in [1.82, 2.24) is 9.88 Å². The SMILES string of the molecule is CCC[C@H](NC(=O)c1cc([N+](=O)[O-])cn1CC)C(=O)O. The van der Waals surface area contributed by atoms with Crippen LogP contribution in [0.25, 0.3) is 0 Å². The number of carbonyl (C=O) groups excluding carboxylic acids is 1. The first-order valence-electron chi connectivity index (χ1n) is 6.28. The fraction of sp³-hybridized carbons (Fsp3) is 0.500. The molecule has 0 saturated carbocycles. The highest BCUT2D eigenvalue weighted by Crippen LogP contribution is 2.16. The molecule has 1 amide bonds. The maximum absolute atomic E-state index is 12.0. The summed E-state index contributed by atoms with van der Waals surface area (Å²) in [6.45, 7) is 3.92. The lowest BCUT2D eigenvalue weighted by Gasteiger charge is -2.14. The number of carbonyl (C=O) groups is 2. The van der Waals surface area contributed by atoms with Crippen LogP contribution in [0, 0.1) is 10.1 Å². The Balaban J connectivity index is 2.96. The minimum Gasteiger partial charge on any atom is -0.480 e. The lowest BCUT2D eigenvalue weighted by Crippen LogP contribution is -2.41. The zero-order valence-electron chi connectivity index (χ0n) is 11.3. The first-order valence-corrected chi connectivity index (χ1v) is 6.28. The lowest BCUT2D eigenvalue weighted by atomic mass is 10.1. The highest BCUT2D eigenvalue weighted by molar-refractivity contribution is 5.96. The van der Waals surface area contributed by atoms with Crippen LogP contribution in [0.5, 0.6) is 0 Å². The first-order chi connectivity index (χ1) is 9.40. The summed E-state index contributed by atoms with van der Waals surface area (Å²) in [6.07, 6.45) is 2.16. The summed E-state index contributed by atoms with van der Waals surface area (Å²) in [5, 5.41) is 22.1. The second-order valence-electron chi connectivity index (χ2n) is 4.28. The number of nitrogens with one attached hydrogen (secondary N) is 1. The van der Waals surface area contributed by atoms with Gasteiger partial charge in [0.05, 0.1) is 11.1 Å². The summed E-state index contributed by atoms with van der Waals surface area (Å²) in [5.41, 5.74) is -0.110. The Morgan fingerprint density at radius 2 is 2.15 bits per heavy atom. The molecule has 1 atom stereocenters. The van der Waals surface area contributed by atoms with Crippen molar-refractivity contribution in [1.29, 1.82) is 0 Å². The molecule has 1 aromatic rings. The van der Waals surface area contributed by atoms with Gasteiger partial charge in [0.1, 0.15) is 11.7 Å². The number of hydrogen-bond donors (Lipinski definition) is 2. The highest BCUT2D eigenvalue weighted by Gasteiger charge is 2.23. The normalized spacial score (nSPS) is 11.9. The number of rotatable bonds is 7. The van der Waals surface area contributed by atoms with Gasteiger partial charge in [-0.3, -0.25) is 14.9 Å². The van der Waals surface area contributed by atoms with Gasteiger partial charge in [0.15, 0.2) is 0 Å². The van der Waals surface area contributed by atoms with Crippen LogP contribution in [0.15, 0.2) is 12.3 Å². The largest absolute Gasteiger partial charge is 0.480 e. The first kappa shape index (κ1) is 15.7. The third-order valence-corrected chi connectivity index (χ3v) is 2.85. The fourth-order valence-corrected chi connectivity index (χ4v) is 1.83. The maximum atomic E-state index is 12.0. The summed E-state index contributed by atoms with van der Waals surface area (Å²) >= 11 is 0. The highest BCUT2D eigenvalue weighted by atomic mass is 16.6. The van der Waals surface area contributed by atoms with E-state index in [1.807, 2.05) is 6.92 Å². The summed E-state index contributed by atoms with van der Waals surface area (Å²) in [4.78, 5) is 33.1. The second-order valence-corrected chi connectivity index (χ2v) is 4.28. The fourth-order valence-electron chi connectivity index (χ4n) is 1.83. The molecule has 0 bridgehead atoms. The molecule has 8 heteroatoms. The van der Waals surface area contributed by atoms with Crippen LogP contribution >= 0.6 is 0 Å². The summed E-state index contributed by atoms with van der Waals surface area (Å²) in [7, 11) is 0. The molecule has 0 unspecified atom stereocenters. The van der Waals surface area contributed by atoms with Crippen molar-refractivity contribution in [2.45, 2.75) is 39.3 Å². The number of aryl methyl sites for hydroxylation is 1. The minimum atomic E-state index is -1.12. The van der Waals surface area contributed by atoms with Gasteiger partial charge in [-0.2, -0.15) is 0 Å². The Bertz CT molecular complexity index is 523. The van der Waals surface area contributed by atoms with Crippen molar-refractivity contribution in [2.24, 2.45) is 0 Å². The average Bonchev–Trinajstić information content (AvgIpc) is 2.82. The summed E-state index contributed by atoms with van der Waals surface area (Å²) in [5.74, 6) is -1.75. The van der Waals surface area contributed by atoms with Crippen LogP contribution in [0.4, 0.5) is 5.69 Å². The molecule has 8 nitrogen and oxygen atoms in total. The molecule has 110 valence electrons. The Morgan fingerprint density at radius 1 is 1.50 bits per heavy atom. The van der Waals surface area contributed by atoms with Crippen LogP contribution in [-0.2, 0) is 11.3 Å². The maximum Gasteiger partial charge on any atom is 0.326 e. The number of amides is 1. The van der Waals surface area contributed by atoms with E-state index in [0.29, 0.717) is 19.4 Å². The van der Waals surface area contributed by atoms with Crippen LogP contribution < -0.4 is 5.32 Å².